The SMILES string of the molecule is C#CCn1c(=NC(=O)Cc2ccc([N+](=O)[O-])cc2)sc2cc(OC)c(OC)cc21. The number of carbonyl (C=O) groups is 1. The lowest BCUT2D eigenvalue weighted by molar-refractivity contribution is -0.384. The first-order valence-corrected chi connectivity index (χ1v) is 9.28. The smallest absolute Gasteiger partial charge is 0.269 e. The molecule has 148 valence electrons. The zero-order valence-corrected chi connectivity index (χ0v) is 16.6. The van der Waals surface area contributed by atoms with Crippen LogP contribution in [0.15, 0.2) is 41.4 Å². The second-order valence-corrected chi connectivity index (χ2v) is 6.96. The number of benzene rings is 2. The molecule has 0 aliphatic rings. The Kier molecular flexibility index (Phi) is 5.95. The van der Waals surface area contributed by atoms with E-state index in [0.29, 0.717) is 21.9 Å². The van der Waals surface area contributed by atoms with Gasteiger partial charge in [-0.3, -0.25) is 14.9 Å². The fourth-order valence-corrected chi connectivity index (χ4v) is 3.84. The minimum atomic E-state index is -0.488. The number of hydrogen-bond acceptors (Lipinski definition) is 6. The Balaban J connectivity index is 1.99. The molecule has 8 nitrogen and oxygen atoms in total. The van der Waals surface area contributed by atoms with Crippen LogP contribution in [0.25, 0.3) is 10.2 Å². The maximum Gasteiger partial charge on any atom is 0.269 e. The number of terminal acetylenes is 1. The summed E-state index contributed by atoms with van der Waals surface area (Å²) in [5, 5.41) is 10.7. The molecule has 2 aromatic carbocycles. The van der Waals surface area contributed by atoms with Crippen molar-refractivity contribution in [2.45, 2.75) is 13.0 Å². The van der Waals surface area contributed by atoms with Crippen LogP contribution in [-0.4, -0.2) is 29.6 Å². The number of methoxy groups -OCH3 is 2. The third kappa shape index (κ3) is 4.28. The Morgan fingerprint density at radius 3 is 2.48 bits per heavy atom. The Bertz CT molecular complexity index is 1190. The number of carbonyl (C=O) groups excluding carboxylic acids is 1. The van der Waals surface area contributed by atoms with Crippen LogP contribution in [0, 0.1) is 22.5 Å². The molecule has 0 radical (unpaired) electrons. The van der Waals surface area contributed by atoms with E-state index in [0.717, 1.165) is 10.2 Å². The van der Waals surface area contributed by atoms with Gasteiger partial charge in [-0.15, -0.1) is 6.42 Å². The van der Waals surface area contributed by atoms with E-state index in [1.165, 1.54) is 23.5 Å². The summed E-state index contributed by atoms with van der Waals surface area (Å²) in [4.78, 5) is 27.4. The second-order valence-electron chi connectivity index (χ2n) is 5.96. The number of non-ortho nitro benzene ring substituents is 1. The molecule has 0 spiro atoms. The van der Waals surface area contributed by atoms with Gasteiger partial charge in [-0.2, -0.15) is 4.99 Å². The van der Waals surface area contributed by atoms with Gasteiger partial charge in [0.1, 0.15) is 0 Å². The number of rotatable bonds is 6. The highest BCUT2D eigenvalue weighted by molar-refractivity contribution is 7.16. The predicted molar refractivity (Wildman–Crippen MR) is 109 cm³/mol. The highest BCUT2D eigenvalue weighted by Crippen LogP contribution is 2.33. The monoisotopic (exact) mass is 411 g/mol. The van der Waals surface area contributed by atoms with Crippen LogP contribution in [0.5, 0.6) is 11.5 Å². The van der Waals surface area contributed by atoms with Crippen molar-refractivity contribution >= 4 is 33.1 Å². The molecule has 0 bridgehead atoms. The molecule has 0 saturated heterocycles. The molecule has 9 heteroatoms. The van der Waals surface area contributed by atoms with Crippen LogP contribution in [0.2, 0.25) is 0 Å². The Labute approximate surface area is 170 Å². The van der Waals surface area contributed by atoms with Gasteiger partial charge < -0.3 is 14.0 Å². The summed E-state index contributed by atoms with van der Waals surface area (Å²) in [6, 6.07) is 9.41. The van der Waals surface area contributed by atoms with Crippen molar-refractivity contribution < 1.29 is 19.2 Å². The molecule has 0 unspecified atom stereocenters. The van der Waals surface area contributed by atoms with E-state index in [2.05, 4.69) is 10.9 Å². The van der Waals surface area contributed by atoms with Crippen molar-refractivity contribution in [3.63, 3.8) is 0 Å². The van der Waals surface area contributed by atoms with Crippen LogP contribution in [0.4, 0.5) is 5.69 Å². The van der Waals surface area contributed by atoms with Gasteiger partial charge in [0.15, 0.2) is 16.3 Å². The van der Waals surface area contributed by atoms with Gasteiger partial charge in [0.25, 0.3) is 11.6 Å². The molecule has 1 heterocycles. The van der Waals surface area contributed by atoms with E-state index < -0.39 is 4.92 Å². The molecular formula is C20H17N3O5S. The van der Waals surface area contributed by atoms with Crippen LogP contribution < -0.4 is 14.3 Å². The predicted octanol–water partition coefficient (Wildman–Crippen LogP) is 2.93. The maximum absolute atomic E-state index is 12.5. The molecule has 3 aromatic rings. The molecule has 0 saturated carbocycles. The van der Waals surface area contributed by atoms with Crippen molar-refractivity contribution in [3.8, 4) is 23.8 Å². The Morgan fingerprint density at radius 1 is 1.24 bits per heavy atom. The highest BCUT2D eigenvalue weighted by atomic mass is 32.1. The molecule has 1 amide bonds. The zero-order valence-electron chi connectivity index (χ0n) is 15.7. The summed E-state index contributed by atoms with van der Waals surface area (Å²) in [6.07, 6.45) is 5.52. The maximum atomic E-state index is 12.5. The van der Waals surface area contributed by atoms with Crippen molar-refractivity contribution in [1.29, 1.82) is 0 Å². The molecule has 0 aliphatic heterocycles. The van der Waals surface area contributed by atoms with E-state index in [9.17, 15) is 14.9 Å². The number of aromatic nitrogens is 1. The molecular weight excluding hydrogens is 394 g/mol. The number of ether oxygens (including phenoxy) is 2. The molecule has 29 heavy (non-hydrogen) atoms. The van der Waals surface area contributed by atoms with Crippen molar-refractivity contribution in [1.82, 2.24) is 4.57 Å². The van der Waals surface area contributed by atoms with Crippen LogP contribution in [0.1, 0.15) is 5.56 Å². The van der Waals surface area contributed by atoms with Crippen LogP contribution in [0.3, 0.4) is 0 Å². The molecule has 1 aromatic heterocycles. The standard InChI is InChI=1S/C20H17N3O5S/c1-4-9-22-15-11-16(27-2)17(28-3)12-18(15)29-20(22)21-19(24)10-13-5-7-14(8-6-13)23(25)26/h1,5-8,11-12H,9-10H2,2-3H3. The van der Waals surface area contributed by atoms with Crippen LogP contribution in [-0.2, 0) is 17.8 Å². The van der Waals surface area contributed by atoms with Gasteiger partial charge in [0, 0.05) is 24.3 Å². The highest BCUT2D eigenvalue weighted by Gasteiger charge is 2.13. The number of nitrogens with zero attached hydrogens (tertiary/aromatic N) is 3. The summed E-state index contributed by atoms with van der Waals surface area (Å²) in [5.74, 6) is 3.31. The summed E-state index contributed by atoms with van der Waals surface area (Å²) in [7, 11) is 3.09. The average molecular weight is 411 g/mol. The van der Waals surface area contributed by atoms with Crippen LogP contribution >= 0.6 is 11.3 Å². The van der Waals surface area contributed by atoms with Crippen molar-refractivity contribution in [2.75, 3.05) is 14.2 Å². The second kappa shape index (κ2) is 8.58. The fraction of sp³-hybridized carbons (Fsp3) is 0.200. The normalized spacial score (nSPS) is 11.3. The number of fused-ring (bicyclic) bond motifs is 1. The first-order chi connectivity index (χ1) is 14.0. The van der Waals surface area contributed by atoms with Crippen molar-refractivity contribution in [3.05, 3.63) is 56.9 Å². The van der Waals surface area contributed by atoms with Gasteiger partial charge in [-0.05, 0) is 5.56 Å². The summed E-state index contributed by atoms with van der Waals surface area (Å²) >= 11 is 1.31. The van der Waals surface area contributed by atoms with Gasteiger partial charge in [-0.25, -0.2) is 0 Å². The lowest BCUT2D eigenvalue weighted by atomic mass is 10.1. The number of nitro benzene ring substituents is 1. The van der Waals surface area contributed by atoms with Gasteiger partial charge >= 0.3 is 0 Å². The number of hydrogen-bond donors (Lipinski definition) is 0. The summed E-state index contributed by atoms with van der Waals surface area (Å²) in [5.41, 5.74) is 1.39. The first-order valence-electron chi connectivity index (χ1n) is 8.46. The van der Waals surface area contributed by atoms with E-state index in [1.807, 2.05) is 6.07 Å². The largest absolute Gasteiger partial charge is 0.493 e. The molecule has 3 rings (SSSR count). The van der Waals surface area contributed by atoms with E-state index >= 15 is 0 Å². The Hall–Kier alpha value is -3.64. The minimum Gasteiger partial charge on any atom is -0.493 e. The topological polar surface area (TPSA) is 96.0 Å². The molecule has 0 aliphatic carbocycles. The third-order valence-electron chi connectivity index (χ3n) is 4.16. The minimum absolute atomic E-state index is 0.0228. The fourth-order valence-electron chi connectivity index (χ4n) is 2.78. The molecule has 0 atom stereocenters. The van der Waals surface area contributed by atoms with Crippen molar-refractivity contribution in [2.24, 2.45) is 4.99 Å². The van der Waals surface area contributed by atoms with Gasteiger partial charge in [-0.1, -0.05) is 29.4 Å². The Morgan fingerprint density at radius 2 is 1.90 bits per heavy atom. The van der Waals surface area contributed by atoms with E-state index in [-0.39, 0.29) is 24.6 Å². The van der Waals surface area contributed by atoms with Gasteiger partial charge in [0.05, 0.1) is 42.3 Å². The first kappa shape index (κ1) is 20.1. The lowest BCUT2D eigenvalue weighted by Gasteiger charge is -2.08. The quantitative estimate of drug-likeness (QED) is 0.353. The zero-order chi connectivity index (χ0) is 21.0. The molecule has 0 N–H and O–H groups in total. The lowest BCUT2D eigenvalue weighted by Crippen LogP contribution is -2.17. The summed E-state index contributed by atoms with van der Waals surface area (Å²) in [6.45, 7) is 0.235. The average Bonchev–Trinajstić information content (AvgIpc) is 3.03. The van der Waals surface area contributed by atoms with E-state index in [1.54, 1.807) is 37.0 Å². The summed E-state index contributed by atoms with van der Waals surface area (Å²) < 4.78 is 13.3. The van der Waals surface area contributed by atoms with Gasteiger partial charge in [0.2, 0.25) is 0 Å². The number of nitro groups is 1. The number of amides is 1. The third-order valence-corrected chi connectivity index (χ3v) is 5.20. The molecule has 0 fully saturated rings. The number of thiazole rings is 1. The van der Waals surface area contributed by atoms with E-state index in [4.69, 9.17) is 15.9 Å².